The molecule has 7 heteroatoms. The number of hydrogen-bond acceptors (Lipinski definition) is 4. The van der Waals surface area contributed by atoms with Gasteiger partial charge < -0.3 is 15.0 Å². The summed E-state index contributed by atoms with van der Waals surface area (Å²) >= 11 is 3.44. The Morgan fingerprint density at radius 2 is 2.00 bits per heavy atom. The number of H-pyrrole nitrogens is 1. The van der Waals surface area contributed by atoms with Gasteiger partial charge in [0.2, 0.25) is 5.43 Å². The fourth-order valence-corrected chi connectivity index (χ4v) is 3.55. The smallest absolute Gasteiger partial charge is 0.261 e. The summed E-state index contributed by atoms with van der Waals surface area (Å²) in [5, 5.41) is 4.03. The molecule has 140 valence electrons. The lowest BCUT2D eigenvalue weighted by molar-refractivity contribution is 0.102. The lowest BCUT2D eigenvalue weighted by Gasteiger charge is -2.11. The number of aromatic nitrogens is 2. The van der Waals surface area contributed by atoms with Crippen molar-refractivity contribution in [3.05, 3.63) is 74.6 Å². The molecule has 0 fully saturated rings. The SMILES string of the molecule is COc1cccc2c(=O)c(C(=O)Nc3cc(C)nc4ccc(Br)cc34)c[nH]c12. The first-order chi connectivity index (χ1) is 13.5. The Morgan fingerprint density at radius 1 is 1.18 bits per heavy atom. The molecule has 0 saturated carbocycles. The molecule has 2 heterocycles. The van der Waals surface area contributed by atoms with E-state index in [1.165, 1.54) is 13.3 Å². The molecule has 4 aromatic rings. The maximum Gasteiger partial charge on any atom is 0.261 e. The first-order valence-corrected chi connectivity index (χ1v) is 9.34. The number of hydrogen-bond donors (Lipinski definition) is 2. The van der Waals surface area contributed by atoms with Gasteiger partial charge in [-0.2, -0.15) is 0 Å². The largest absolute Gasteiger partial charge is 0.495 e. The minimum atomic E-state index is -0.488. The molecule has 2 aromatic heterocycles. The molecule has 0 aliphatic rings. The van der Waals surface area contributed by atoms with Crippen LogP contribution in [0.25, 0.3) is 21.8 Å². The molecule has 28 heavy (non-hydrogen) atoms. The Labute approximate surface area is 168 Å². The van der Waals surface area contributed by atoms with Crippen molar-refractivity contribution in [1.82, 2.24) is 9.97 Å². The molecule has 4 rings (SSSR count). The number of carbonyl (C=O) groups is 1. The summed E-state index contributed by atoms with van der Waals surface area (Å²) in [5.41, 5.74) is 2.34. The molecule has 0 aliphatic carbocycles. The van der Waals surface area contributed by atoms with E-state index in [0.717, 1.165) is 21.1 Å². The van der Waals surface area contributed by atoms with E-state index in [9.17, 15) is 9.59 Å². The first-order valence-electron chi connectivity index (χ1n) is 8.54. The summed E-state index contributed by atoms with van der Waals surface area (Å²) in [6, 6.07) is 12.6. The first kappa shape index (κ1) is 18.2. The third kappa shape index (κ3) is 3.14. The molecular formula is C21H16BrN3O3. The number of aromatic amines is 1. The number of pyridine rings is 2. The van der Waals surface area contributed by atoms with Crippen LogP contribution in [0.3, 0.4) is 0 Å². The zero-order valence-electron chi connectivity index (χ0n) is 15.2. The highest BCUT2D eigenvalue weighted by Gasteiger charge is 2.16. The highest BCUT2D eigenvalue weighted by molar-refractivity contribution is 9.10. The Kier molecular flexibility index (Phi) is 4.60. The number of nitrogens with zero attached hydrogens (tertiary/aromatic N) is 1. The van der Waals surface area contributed by atoms with Gasteiger partial charge >= 0.3 is 0 Å². The number of methoxy groups -OCH3 is 1. The number of aryl methyl sites for hydroxylation is 1. The Balaban J connectivity index is 1.80. The molecule has 0 unspecified atom stereocenters. The normalized spacial score (nSPS) is 11.0. The van der Waals surface area contributed by atoms with Crippen LogP contribution < -0.4 is 15.5 Å². The van der Waals surface area contributed by atoms with Crippen LogP contribution in [0.1, 0.15) is 16.1 Å². The van der Waals surface area contributed by atoms with E-state index >= 15 is 0 Å². The van der Waals surface area contributed by atoms with Crippen molar-refractivity contribution in [3.63, 3.8) is 0 Å². The van der Waals surface area contributed by atoms with Crippen molar-refractivity contribution in [2.45, 2.75) is 6.92 Å². The molecule has 2 N–H and O–H groups in total. The van der Waals surface area contributed by atoms with Gasteiger partial charge in [-0.1, -0.05) is 22.0 Å². The van der Waals surface area contributed by atoms with E-state index in [1.54, 1.807) is 24.3 Å². The van der Waals surface area contributed by atoms with Gasteiger partial charge in [0.15, 0.2) is 0 Å². The van der Waals surface area contributed by atoms with Gasteiger partial charge in [-0.15, -0.1) is 0 Å². The van der Waals surface area contributed by atoms with Crippen LogP contribution in [0.2, 0.25) is 0 Å². The zero-order valence-corrected chi connectivity index (χ0v) is 16.8. The van der Waals surface area contributed by atoms with Crippen LogP contribution in [-0.4, -0.2) is 23.0 Å². The molecule has 1 amide bonds. The van der Waals surface area contributed by atoms with E-state index in [0.29, 0.717) is 22.3 Å². The summed E-state index contributed by atoms with van der Waals surface area (Å²) in [6.45, 7) is 1.85. The number of benzene rings is 2. The highest BCUT2D eigenvalue weighted by Crippen LogP contribution is 2.27. The Hall–Kier alpha value is -3.19. The number of fused-ring (bicyclic) bond motifs is 2. The molecule has 2 aromatic carbocycles. The van der Waals surface area contributed by atoms with Crippen molar-refractivity contribution < 1.29 is 9.53 Å². The minimum absolute atomic E-state index is 0.0263. The standard InChI is InChI=1S/C21H16BrN3O3/c1-11-8-17(14-9-12(22)6-7-16(14)24-11)25-21(27)15-10-23-19-13(20(15)26)4-3-5-18(19)28-2/h3-10H,1-2H3,(H,23,26)(H,24,25,27). The van der Waals surface area contributed by atoms with E-state index in [2.05, 4.69) is 31.2 Å². The monoisotopic (exact) mass is 437 g/mol. The van der Waals surface area contributed by atoms with Crippen molar-refractivity contribution in [1.29, 1.82) is 0 Å². The topological polar surface area (TPSA) is 84.1 Å². The molecule has 0 saturated heterocycles. The third-order valence-corrected chi connectivity index (χ3v) is 4.98. The second-order valence-corrected chi connectivity index (χ2v) is 7.26. The van der Waals surface area contributed by atoms with Crippen molar-refractivity contribution in [2.75, 3.05) is 12.4 Å². The second kappa shape index (κ2) is 7.09. The third-order valence-electron chi connectivity index (χ3n) is 4.49. The Bertz CT molecular complexity index is 1300. The van der Waals surface area contributed by atoms with Crippen LogP contribution in [0, 0.1) is 6.92 Å². The predicted molar refractivity (Wildman–Crippen MR) is 113 cm³/mol. The number of ether oxygens (including phenoxy) is 1. The van der Waals surface area contributed by atoms with E-state index in [1.807, 2.05) is 25.1 Å². The molecule has 0 atom stereocenters. The number of halogens is 1. The van der Waals surface area contributed by atoms with E-state index < -0.39 is 5.91 Å². The van der Waals surface area contributed by atoms with Crippen LogP contribution in [-0.2, 0) is 0 Å². The summed E-state index contributed by atoms with van der Waals surface area (Å²) in [4.78, 5) is 33.2. The van der Waals surface area contributed by atoms with Crippen LogP contribution in [0.15, 0.2) is 57.9 Å². The van der Waals surface area contributed by atoms with Crippen molar-refractivity contribution in [3.8, 4) is 5.75 Å². The molecule has 0 radical (unpaired) electrons. The van der Waals surface area contributed by atoms with Gasteiger partial charge in [0.05, 0.1) is 29.2 Å². The summed E-state index contributed by atoms with van der Waals surface area (Å²) in [6.07, 6.45) is 1.41. The number of nitrogens with one attached hydrogen (secondary N) is 2. The number of rotatable bonds is 3. The average molecular weight is 438 g/mol. The number of carbonyl (C=O) groups excluding carboxylic acids is 1. The van der Waals surface area contributed by atoms with Gasteiger partial charge in [0, 0.05) is 21.7 Å². The minimum Gasteiger partial charge on any atom is -0.495 e. The van der Waals surface area contributed by atoms with Gasteiger partial charge in [-0.05, 0) is 43.3 Å². The van der Waals surface area contributed by atoms with Crippen LogP contribution >= 0.6 is 15.9 Å². The quantitative estimate of drug-likeness (QED) is 0.497. The van der Waals surface area contributed by atoms with Crippen molar-refractivity contribution >= 4 is 49.3 Å². The lowest BCUT2D eigenvalue weighted by atomic mass is 10.1. The fraction of sp³-hybridized carbons (Fsp3) is 0.0952. The van der Waals surface area contributed by atoms with E-state index in [-0.39, 0.29) is 11.0 Å². The summed E-state index contributed by atoms with van der Waals surface area (Å²) in [5.74, 6) is 0.0556. The maximum absolute atomic E-state index is 12.9. The molecule has 0 bridgehead atoms. The fourth-order valence-electron chi connectivity index (χ4n) is 3.19. The Morgan fingerprint density at radius 3 is 2.79 bits per heavy atom. The molecule has 6 nitrogen and oxygen atoms in total. The average Bonchev–Trinajstić information content (AvgIpc) is 2.68. The maximum atomic E-state index is 12.9. The summed E-state index contributed by atoms with van der Waals surface area (Å²) < 4.78 is 6.14. The molecule has 0 aliphatic heterocycles. The van der Waals surface area contributed by atoms with Gasteiger partial charge in [0.1, 0.15) is 11.3 Å². The van der Waals surface area contributed by atoms with Gasteiger partial charge in [-0.3, -0.25) is 14.6 Å². The number of amides is 1. The molecular weight excluding hydrogens is 422 g/mol. The molecule has 0 spiro atoms. The van der Waals surface area contributed by atoms with Gasteiger partial charge in [0.25, 0.3) is 5.91 Å². The lowest BCUT2D eigenvalue weighted by Crippen LogP contribution is -2.22. The number of anilines is 1. The van der Waals surface area contributed by atoms with Crippen LogP contribution in [0.4, 0.5) is 5.69 Å². The van der Waals surface area contributed by atoms with Crippen molar-refractivity contribution in [2.24, 2.45) is 0 Å². The van der Waals surface area contributed by atoms with Gasteiger partial charge in [-0.25, -0.2) is 0 Å². The van der Waals surface area contributed by atoms with Crippen LogP contribution in [0.5, 0.6) is 5.75 Å². The number of para-hydroxylation sites is 1. The summed E-state index contributed by atoms with van der Waals surface area (Å²) in [7, 11) is 1.53. The zero-order chi connectivity index (χ0) is 19.8. The van der Waals surface area contributed by atoms with E-state index in [4.69, 9.17) is 4.74 Å². The second-order valence-electron chi connectivity index (χ2n) is 6.34. The predicted octanol–water partition coefficient (Wildman–Crippen LogP) is 4.41. The highest BCUT2D eigenvalue weighted by atomic mass is 79.9.